The van der Waals surface area contributed by atoms with Gasteiger partial charge in [-0.1, -0.05) is 38.1 Å². The molecule has 5 nitrogen and oxygen atoms in total. The first-order valence-electron chi connectivity index (χ1n) is 8.26. The second kappa shape index (κ2) is 8.33. The van der Waals surface area contributed by atoms with E-state index in [4.69, 9.17) is 4.74 Å². The molecule has 2 aromatic rings. The number of nitrogens with one attached hydrogen (secondary N) is 2. The lowest BCUT2D eigenvalue weighted by Gasteiger charge is -2.16. The molecule has 2 N–H and O–H groups in total. The van der Waals surface area contributed by atoms with Gasteiger partial charge in [0.25, 0.3) is 11.8 Å². The summed E-state index contributed by atoms with van der Waals surface area (Å²) in [6.45, 7) is 6.02. The highest BCUT2D eigenvalue weighted by Crippen LogP contribution is 2.27. The summed E-state index contributed by atoms with van der Waals surface area (Å²) in [6, 6.07) is 12.7. The Kier molecular flexibility index (Phi) is 6.17. The van der Waals surface area contributed by atoms with Crippen LogP contribution in [0.1, 0.15) is 41.3 Å². The summed E-state index contributed by atoms with van der Waals surface area (Å²) < 4.78 is 5.52. The molecule has 0 saturated heterocycles. The van der Waals surface area contributed by atoms with Crippen molar-refractivity contribution in [1.82, 2.24) is 5.32 Å². The highest BCUT2D eigenvalue weighted by molar-refractivity contribution is 5.95. The van der Waals surface area contributed by atoms with Crippen LogP contribution in [0.3, 0.4) is 0 Å². The second-order valence-corrected chi connectivity index (χ2v) is 6.14. The number of carbonyl (C=O) groups excluding carboxylic acids is 2. The monoisotopic (exact) mass is 340 g/mol. The number of anilines is 1. The first kappa shape index (κ1) is 18.5. The van der Waals surface area contributed by atoms with Crippen molar-refractivity contribution in [2.24, 2.45) is 0 Å². The smallest absolute Gasteiger partial charge is 0.262 e. The number of hydrogen-bond acceptors (Lipinski definition) is 3. The van der Waals surface area contributed by atoms with E-state index in [0.29, 0.717) is 17.2 Å². The van der Waals surface area contributed by atoms with Crippen LogP contribution in [0, 0.1) is 6.92 Å². The highest BCUT2D eigenvalue weighted by atomic mass is 16.5. The van der Waals surface area contributed by atoms with E-state index < -0.39 is 0 Å². The molecule has 0 radical (unpaired) electrons. The van der Waals surface area contributed by atoms with E-state index in [0.717, 1.165) is 16.8 Å². The van der Waals surface area contributed by atoms with Crippen molar-refractivity contribution in [1.29, 1.82) is 0 Å². The summed E-state index contributed by atoms with van der Waals surface area (Å²) in [4.78, 5) is 23.9. The van der Waals surface area contributed by atoms with E-state index in [1.54, 1.807) is 31.3 Å². The molecule has 2 rings (SSSR count). The molecular formula is C20H24N2O3. The van der Waals surface area contributed by atoms with E-state index in [-0.39, 0.29) is 18.4 Å². The van der Waals surface area contributed by atoms with Crippen LogP contribution >= 0.6 is 0 Å². The molecule has 2 amide bonds. The van der Waals surface area contributed by atoms with Crippen molar-refractivity contribution < 1.29 is 14.3 Å². The third-order valence-electron chi connectivity index (χ3n) is 3.88. The largest absolute Gasteiger partial charge is 0.484 e. The summed E-state index contributed by atoms with van der Waals surface area (Å²) in [5.41, 5.74) is 3.43. The molecule has 0 spiro atoms. The summed E-state index contributed by atoms with van der Waals surface area (Å²) >= 11 is 0. The van der Waals surface area contributed by atoms with Gasteiger partial charge in [-0.15, -0.1) is 0 Å². The van der Waals surface area contributed by atoms with Gasteiger partial charge in [0, 0.05) is 18.3 Å². The third-order valence-corrected chi connectivity index (χ3v) is 3.88. The zero-order chi connectivity index (χ0) is 18.4. The molecule has 0 fully saturated rings. The van der Waals surface area contributed by atoms with Crippen LogP contribution in [0.15, 0.2) is 42.5 Å². The van der Waals surface area contributed by atoms with E-state index in [9.17, 15) is 9.59 Å². The Morgan fingerprint density at radius 2 is 1.84 bits per heavy atom. The lowest BCUT2D eigenvalue weighted by molar-refractivity contribution is -0.118. The van der Waals surface area contributed by atoms with Crippen LogP contribution in [-0.4, -0.2) is 25.5 Å². The van der Waals surface area contributed by atoms with Crippen molar-refractivity contribution in [2.75, 3.05) is 19.0 Å². The van der Waals surface area contributed by atoms with Crippen molar-refractivity contribution in [3.63, 3.8) is 0 Å². The third kappa shape index (κ3) is 4.83. The standard InChI is InChI=1S/C20H24N2O3/c1-13(2)17-10-5-7-14(3)19(17)22-18(23)12-25-16-9-6-8-15(11-16)20(24)21-4/h5-11,13H,12H2,1-4H3,(H,21,24)(H,22,23). The number of benzene rings is 2. The summed E-state index contributed by atoms with van der Waals surface area (Å²) in [5, 5.41) is 5.49. The number of carbonyl (C=O) groups is 2. The molecule has 25 heavy (non-hydrogen) atoms. The van der Waals surface area contributed by atoms with E-state index in [2.05, 4.69) is 24.5 Å². The average molecular weight is 340 g/mol. The molecule has 0 aliphatic carbocycles. The molecule has 132 valence electrons. The van der Waals surface area contributed by atoms with Crippen LogP contribution in [0.4, 0.5) is 5.69 Å². The van der Waals surface area contributed by atoms with Crippen LogP contribution in [0.2, 0.25) is 0 Å². The van der Waals surface area contributed by atoms with Crippen molar-refractivity contribution in [2.45, 2.75) is 26.7 Å². The topological polar surface area (TPSA) is 67.4 Å². The maximum absolute atomic E-state index is 12.3. The van der Waals surface area contributed by atoms with Crippen LogP contribution in [-0.2, 0) is 4.79 Å². The van der Waals surface area contributed by atoms with Gasteiger partial charge in [-0.2, -0.15) is 0 Å². The Labute approximate surface area is 148 Å². The molecule has 0 bridgehead atoms. The van der Waals surface area contributed by atoms with Crippen molar-refractivity contribution in [3.8, 4) is 5.75 Å². The number of ether oxygens (including phenoxy) is 1. The summed E-state index contributed by atoms with van der Waals surface area (Å²) in [5.74, 6) is 0.350. The first-order chi connectivity index (χ1) is 11.9. The molecule has 2 aromatic carbocycles. The number of amides is 2. The molecule has 0 aliphatic heterocycles. The SMILES string of the molecule is CNC(=O)c1cccc(OCC(=O)Nc2c(C)cccc2C(C)C)c1. The minimum absolute atomic E-state index is 0.122. The van der Waals surface area contributed by atoms with Gasteiger partial charge in [0.15, 0.2) is 6.61 Å². The number of rotatable bonds is 6. The van der Waals surface area contributed by atoms with Crippen molar-refractivity contribution >= 4 is 17.5 Å². The Bertz CT molecular complexity index is 769. The van der Waals surface area contributed by atoms with Gasteiger partial charge >= 0.3 is 0 Å². The second-order valence-electron chi connectivity index (χ2n) is 6.14. The Balaban J connectivity index is 2.04. The minimum Gasteiger partial charge on any atom is -0.484 e. The van der Waals surface area contributed by atoms with Gasteiger partial charge in [-0.3, -0.25) is 9.59 Å². The van der Waals surface area contributed by atoms with Crippen molar-refractivity contribution in [3.05, 3.63) is 59.2 Å². The molecule has 5 heteroatoms. The zero-order valence-corrected chi connectivity index (χ0v) is 15.1. The fraction of sp³-hybridized carbons (Fsp3) is 0.300. The molecule has 0 aromatic heterocycles. The van der Waals surface area contributed by atoms with Crippen LogP contribution in [0.5, 0.6) is 5.75 Å². The molecule has 0 atom stereocenters. The predicted molar refractivity (Wildman–Crippen MR) is 99.2 cm³/mol. The van der Waals surface area contributed by atoms with Crippen LogP contribution < -0.4 is 15.4 Å². The average Bonchev–Trinajstić information content (AvgIpc) is 2.61. The maximum atomic E-state index is 12.3. The minimum atomic E-state index is -0.235. The predicted octanol–water partition coefficient (Wildman–Crippen LogP) is 3.50. The Hall–Kier alpha value is -2.82. The fourth-order valence-corrected chi connectivity index (χ4v) is 2.54. The van der Waals surface area contributed by atoms with Gasteiger partial charge in [0.1, 0.15) is 5.75 Å². The number of aryl methyl sites for hydroxylation is 1. The lowest BCUT2D eigenvalue weighted by atomic mass is 9.98. The Morgan fingerprint density at radius 1 is 1.12 bits per heavy atom. The molecule has 0 unspecified atom stereocenters. The van der Waals surface area contributed by atoms with Gasteiger partial charge in [0.2, 0.25) is 0 Å². The van der Waals surface area contributed by atoms with Gasteiger partial charge < -0.3 is 15.4 Å². The number of hydrogen-bond donors (Lipinski definition) is 2. The molecule has 0 aliphatic rings. The van der Waals surface area contributed by atoms with Gasteiger partial charge in [-0.05, 0) is 42.2 Å². The molecule has 0 heterocycles. The maximum Gasteiger partial charge on any atom is 0.262 e. The normalized spacial score (nSPS) is 10.4. The zero-order valence-electron chi connectivity index (χ0n) is 15.1. The summed E-state index contributed by atoms with van der Waals surface area (Å²) in [7, 11) is 1.57. The quantitative estimate of drug-likeness (QED) is 0.846. The van der Waals surface area contributed by atoms with Gasteiger partial charge in [0.05, 0.1) is 0 Å². The van der Waals surface area contributed by atoms with Gasteiger partial charge in [-0.25, -0.2) is 0 Å². The van der Waals surface area contributed by atoms with Crippen LogP contribution in [0.25, 0.3) is 0 Å². The number of para-hydroxylation sites is 1. The summed E-state index contributed by atoms with van der Waals surface area (Å²) in [6.07, 6.45) is 0. The van der Waals surface area contributed by atoms with E-state index in [1.165, 1.54) is 0 Å². The molecular weight excluding hydrogens is 316 g/mol. The van der Waals surface area contributed by atoms with E-state index >= 15 is 0 Å². The molecule has 0 saturated carbocycles. The van der Waals surface area contributed by atoms with E-state index in [1.807, 2.05) is 25.1 Å². The Morgan fingerprint density at radius 3 is 2.52 bits per heavy atom. The lowest BCUT2D eigenvalue weighted by Crippen LogP contribution is -2.22. The fourth-order valence-electron chi connectivity index (χ4n) is 2.54. The highest BCUT2D eigenvalue weighted by Gasteiger charge is 2.13. The first-order valence-corrected chi connectivity index (χ1v) is 8.26.